The lowest BCUT2D eigenvalue weighted by Gasteiger charge is -2.59. The predicted octanol–water partition coefficient (Wildman–Crippen LogP) is 3.34. The maximum Gasteiger partial charge on any atom is 0.251 e. The molecule has 0 unspecified atom stereocenters. The van der Waals surface area contributed by atoms with Crippen molar-refractivity contribution in [2.45, 2.75) is 57.9 Å². The second-order valence-corrected chi connectivity index (χ2v) is 11.8. The summed E-state index contributed by atoms with van der Waals surface area (Å²) in [6.45, 7) is 2.66. The van der Waals surface area contributed by atoms with Crippen molar-refractivity contribution in [2.24, 2.45) is 23.2 Å². The Bertz CT molecular complexity index is 888. The van der Waals surface area contributed by atoms with Gasteiger partial charge in [0.1, 0.15) is 0 Å². The Balaban J connectivity index is 1.33. The second-order valence-electron chi connectivity index (χ2n) is 9.90. The summed E-state index contributed by atoms with van der Waals surface area (Å²) in [6, 6.07) is 5.62. The van der Waals surface area contributed by atoms with Crippen LogP contribution in [0, 0.1) is 23.2 Å². The molecule has 1 atom stereocenters. The minimum atomic E-state index is -3.26. The molecule has 1 heterocycles. The second kappa shape index (κ2) is 6.22. The highest BCUT2D eigenvalue weighted by Crippen LogP contribution is 2.61. The number of hydrogen-bond acceptors (Lipinski definition) is 3. The number of anilines is 1. The normalized spacial score (nSPS) is 34.4. The van der Waals surface area contributed by atoms with Gasteiger partial charge in [-0.25, -0.2) is 8.42 Å². The Morgan fingerprint density at radius 2 is 1.75 bits per heavy atom. The van der Waals surface area contributed by atoms with Crippen molar-refractivity contribution in [1.82, 2.24) is 5.32 Å². The fourth-order valence-electron chi connectivity index (χ4n) is 7.00. The number of rotatable bonds is 4. The van der Waals surface area contributed by atoms with Crippen molar-refractivity contribution >= 4 is 21.6 Å². The van der Waals surface area contributed by atoms with Crippen molar-refractivity contribution in [1.29, 1.82) is 0 Å². The van der Waals surface area contributed by atoms with E-state index in [0.717, 1.165) is 23.3 Å². The minimum Gasteiger partial charge on any atom is -0.349 e. The molecule has 0 aromatic heterocycles. The van der Waals surface area contributed by atoms with Crippen LogP contribution in [0.1, 0.15) is 61.4 Å². The average Bonchev–Trinajstić information content (AvgIpc) is 3.04. The van der Waals surface area contributed by atoms with Crippen LogP contribution >= 0.6 is 0 Å². The van der Waals surface area contributed by atoms with E-state index in [0.29, 0.717) is 24.2 Å². The zero-order valence-corrected chi connectivity index (χ0v) is 17.6. The summed E-state index contributed by atoms with van der Waals surface area (Å²) in [6.07, 6.45) is 9.92. The zero-order valence-electron chi connectivity index (χ0n) is 16.8. The van der Waals surface area contributed by atoms with Crippen LogP contribution in [0.25, 0.3) is 0 Å². The summed E-state index contributed by atoms with van der Waals surface area (Å²) in [7, 11) is -3.26. The Kier molecular flexibility index (Phi) is 4.10. The van der Waals surface area contributed by atoms with Crippen LogP contribution in [0.5, 0.6) is 0 Å². The Morgan fingerprint density at radius 3 is 2.32 bits per heavy atom. The first kappa shape index (κ1) is 18.5. The van der Waals surface area contributed by atoms with E-state index in [9.17, 15) is 13.2 Å². The fourth-order valence-corrected chi connectivity index (χ4v) is 7.96. The van der Waals surface area contributed by atoms with Crippen LogP contribution in [0.3, 0.4) is 0 Å². The SMILES string of the molecule is C[C@H](NC(=O)c1ccc2c(c1)CCN2S(C)(=O)=O)C12CC3CC(CC(C3)C1)C2. The third-order valence-corrected chi connectivity index (χ3v) is 9.13. The van der Waals surface area contributed by atoms with Crippen molar-refractivity contribution < 1.29 is 13.2 Å². The van der Waals surface area contributed by atoms with Gasteiger partial charge in [0.25, 0.3) is 5.91 Å². The van der Waals surface area contributed by atoms with E-state index < -0.39 is 10.0 Å². The highest BCUT2D eigenvalue weighted by atomic mass is 32.2. The molecule has 28 heavy (non-hydrogen) atoms. The molecule has 152 valence electrons. The summed E-state index contributed by atoms with van der Waals surface area (Å²) in [4.78, 5) is 13.0. The number of nitrogens with one attached hydrogen (secondary N) is 1. The number of amides is 1. The van der Waals surface area contributed by atoms with Gasteiger partial charge in [-0.1, -0.05) is 0 Å². The Morgan fingerprint density at radius 1 is 1.14 bits per heavy atom. The van der Waals surface area contributed by atoms with E-state index in [1.54, 1.807) is 12.1 Å². The molecular weight excluding hydrogens is 372 g/mol. The third-order valence-electron chi connectivity index (χ3n) is 7.95. The molecule has 4 aliphatic carbocycles. The van der Waals surface area contributed by atoms with E-state index >= 15 is 0 Å². The van der Waals surface area contributed by atoms with Gasteiger partial charge in [-0.2, -0.15) is 0 Å². The van der Waals surface area contributed by atoms with E-state index in [4.69, 9.17) is 0 Å². The lowest BCUT2D eigenvalue weighted by molar-refractivity contribution is -0.0688. The van der Waals surface area contributed by atoms with Gasteiger partial charge >= 0.3 is 0 Å². The lowest BCUT2D eigenvalue weighted by atomic mass is 9.48. The van der Waals surface area contributed by atoms with Crippen LogP contribution < -0.4 is 9.62 Å². The molecule has 1 aromatic rings. The lowest BCUT2D eigenvalue weighted by Crippen LogP contribution is -2.55. The highest BCUT2D eigenvalue weighted by Gasteiger charge is 2.53. The zero-order chi connectivity index (χ0) is 19.7. The fraction of sp³-hybridized carbons (Fsp3) is 0.682. The highest BCUT2D eigenvalue weighted by molar-refractivity contribution is 7.92. The standard InChI is InChI=1S/C22H30N2O3S/c1-14(22-11-15-7-16(12-22)9-17(8-15)13-22)23-21(25)19-3-4-20-18(10-19)5-6-24(20)28(2,26)27/h3-4,10,14-17H,5-9,11-13H2,1-2H3,(H,23,25)/t14-,15?,16?,17?,22?/m0/s1. The van der Waals surface area contributed by atoms with Crippen molar-refractivity contribution in [3.63, 3.8) is 0 Å². The predicted molar refractivity (Wildman–Crippen MR) is 110 cm³/mol. The smallest absolute Gasteiger partial charge is 0.251 e. The van der Waals surface area contributed by atoms with Crippen molar-refractivity contribution in [3.8, 4) is 0 Å². The topological polar surface area (TPSA) is 66.5 Å². The first-order valence-corrected chi connectivity index (χ1v) is 12.5. The van der Waals surface area contributed by atoms with Crippen LogP contribution in [0.4, 0.5) is 5.69 Å². The maximum absolute atomic E-state index is 13.0. The van der Waals surface area contributed by atoms with Crippen molar-refractivity contribution in [3.05, 3.63) is 29.3 Å². The number of nitrogens with zero attached hydrogens (tertiary/aromatic N) is 1. The van der Waals surface area contributed by atoms with Crippen LogP contribution in [-0.2, 0) is 16.4 Å². The molecule has 1 aromatic carbocycles. The summed E-state index contributed by atoms with van der Waals surface area (Å²) < 4.78 is 25.3. The van der Waals surface area contributed by atoms with Gasteiger partial charge in [-0.3, -0.25) is 9.10 Å². The number of carbonyl (C=O) groups is 1. The average molecular weight is 403 g/mol. The number of benzene rings is 1. The molecule has 4 bridgehead atoms. The third kappa shape index (κ3) is 2.95. The molecule has 4 fully saturated rings. The van der Waals surface area contributed by atoms with Gasteiger partial charge in [0.15, 0.2) is 0 Å². The monoisotopic (exact) mass is 402 g/mol. The summed E-state index contributed by atoms with van der Waals surface area (Å²) in [5.41, 5.74) is 2.59. The molecule has 1 N–H and O–H groups in total. The molecule has 5 nitrogen and oxygen atoms in total. The van der Waals surface area contributed by atoms with Crippen LogP contribution in [-0.4, -0.2) is 33.2 Å². The molecule has 4 saturated carbocycles. The number of carbonyl (C=O) groups excluding carboxylic acids is 1. The van der Waals surface area contributed by atoms with Gasteiger partial charge in [0.2, 0.25) is 10.0 Å². The summed E-state index contributed by atoms with van der Waals surface area (Å²) in [5, 5.41) is 3.32. The molecule has 1 amide bonds. The summed E-state index contributed by atoms with van der Waals surface area (Å²) in [5.74, 6) is 2.58. The largest absolute Gasteiger partial charge is 0.349 e. The van der Waals surface area contributed by atoms with Gasteiger partial charge in [-0.15, -0.1) is 0 Å². The van der Waals surface area contributed by atoms with E-state index in [1.807, 2.05) is 6.07 Å². The molecular formula is C22H30N2O3S. The van der Waals surface area contributed by atoms with E-state index in [2.05, 4.69) is 12.2 Å². The van der Waals surface area contributed by atoms with Gasteiger partial charge < -0.3 is 5.32 Å². The van der Waals surface area contributed by atoms with Gasteiger partial charge in [-0.05, 0) is 98.8 Å². The van der Waals surface area contributed by atoms with Crippen molar-refractivity contribution in [2.75, 3.05) is 17.1 Å². The number of hydrogen-bond donors (Lipinski definition) is 1. The minimum absolute atomic E-state index is 0.0242. The quantitative estimate of drug-likeness (QED) is 0.840. The van der Waals surface area contributed by atoms with Gasteiger partial charge in [0, 0.05) is 18.2 Å². The van der Waals surface area contributed by atoms with Gasteiger partial charge in [0.05, 0.1) is 11.9 Å². The number of fused-ring (bicyclic) bond motifs is 1. The first-order chi connectivity index (χ1) is 13.2. The molecule has 1 aliphatic heterocycles. The molecule has 0 radical (unpaired) electrons. The van der Waals surface area contributed by atoms with Crippen LogP contribution in [0.15, 0.2) is 18.2 Å². The van der Waals surface area contributed by atoms with E-state index in [-0.39, 0.29) is 17.4 Å². The maximum atomic E-state index is 13.0. The molecule has 6 rings (SSSR count). The molecule has 0 spiro atoms. The molecule has 0 saturated heterocycles. The van der Waals surface area contributed by atoms with E-state index in [1.165, 1.54) is 49.1 Å². The molecule has 5 aliphatic rings. The first-order valence-electron chi connectivity index (χ1n) is 10.6. The Labute approximate surface area is 167 Å². The number of sulfonamides is 1. The molecule has 6 heteroatoms. The Hall–Kier alpha value is -1.56. The van der Waals surface area contributed by atoms with Crippen LogP contribution in [0.2, 0.25) is 0 Å². The summed E-state index contributed by atoms with van der Waals surface area (Å²) >= 11 is 0.